The van der Waals surface area contributed by atoms with E-state index in [9.17, 15) is 4.39 Å². The highest BCUT2D eigenvalue weighted by atomic mass is 19.1. The van der Waals surface area contributed by atoms with Crippen molar-refractivity contribution in [2.24, 2.45) is 5.73 Å². The van der Waals surface area contributed by atoms with Gasteiger partial charge in [-0.1, -0.05) is 6.07 Å². The average molecular weight is 227 g/mol. The average Bonchev–Trinajstić information content (AvgIpc) is 2.24. The van der Waals surface area contributed by atoms with Crippen molar-refractivity contribution in [3.8, 4) is 0 Å². The predicted octanol–water partition coefficient (Wildman–Crippen LogP) is 1.62. The SMILES string of the molecule is COC(OC)C(N)Cc1ccc(F)cc1C. The molecule has 3 nitrogen and oxygen atoms in total. The molecule has 2 N–H and O–H groups in total. The van der Waals surface area contributed by atoms with Gasteiger partial charge >= 0.3 is 0 Å². The number of benzene rings is 1. The third kappa shape index (κ3) is 3.27. The van der Waals surface area contributed by atoms with Crippen molar-refractivity contribution in [1.29, 1.82) is 0 Å². The van der Waals surface area contributed by atoms with E-state index in [2.05, 4.69) is 0 Å². The topological polar surface area (TPSA) is 44.5 Å². The fraction of sp³-hybridized carbons (Fsp3) is 0.500. The molecule has 4 heteroatoms. The number of ether oxygens (including phenoxy) is 2. The summed E-state index contributed by atoms with van der Waals surface area (Å²) in [5.41, 5.74) is 7.83. The summed E-state index contributed by atoms with van der Waals surface area (Å²) < 4.78 is 23.0. The van der Waals surface area contributed by atoms with Gasteiger partial charge in [0, 0.05) is 14.2 Å². The molecule has 16 heavy (non-hydrogen) atoms. The third-order valence-corrected chi connectivity index (χ3v) is 2.57. The first-order valence-electron chi connectivity index (χ1n) is 5.14. The van der Waals surface area contributed by atoms with Gasteiger partial charge < -0.3 is 15.2 Å². The van der Waals surface area contributed by atoms with Crippen molar-refractivity contribution in [3.05, 3.63) is 35.1 Å². The predicted molar refractivity (Wildman–Crippen MR) is 60.6 cm³/mol. The molecule has 1 unspecified atom stereocenters. The summed E-state index contributed by atoms with van der Waals surface area (Å²) in [7, 11) is 3.09. The molecule has 1 atom stereocenters. The Morgan fingerprint density at radius 2 is 1.94 bits per heavy atom. The molecule has 0 spiro atoms. The van der Waals surface area contributed by atoms with Crippen molar-refractivity contribution in [2.75, 3.05) is 14.2 Å². The number of hydrogen-bond donors (Lipinski definition) is 1. The number of rotatable bonds is 5. The fourth-order valence-electron chi connectivity index (χ4n) is 1.68. The van der Waals surface area contributed by atoms with Crippen molar-refractivity contribution < 1.29 is 13.9 Å². The lowest BCUT2D eigenvalue weighted by atomic mass is 10.0. The minimum atomic E-state index is -0.440. The Bertz CT molecular complexity index is 340. The maximum atomic E-state index is 12.9. The number of halogens is 1. The van der Waals surface area contributed by atoms with Crippen LogP contribution >= 0.6 is 0 Å². The number of aryl methyl sites for hydroxylation is 1. The van der Waals surface area contributed by atoms with E-state index in [4.69, 9.17) is 15.2 Å². The lowest BCUT2D eigenvalue weighted by Crippen LogP contribution is -2.39. The van der Waals surface area contributed by atoms with Gasteiger partial charge in [0.2, 0.25) is 0 Å². The van der Waals surface area contributed by atoms with E-state index >= 15 is 0 Å². The first kappa shape index (κ1) is 13.1. The van der Waals surface area contributed by atoms with Crippen LogP contribution in [0.5, 0.6) is 0 Å². The zero-order chi connectivity index (χ0) is 12.1. The molecule has 90 valence electrons. The Morgan fingerprint density at radius 1 is 1.31 bits per heavy atom. The molecular weight excluding hydrogens is 209 g/mol. The Balaban J connectivity index is 2.72. The highest BCUT2D eigenvalue weighted by Crippen LogP contribution is 2.13. The zero-order valence-electron chi connectivity index (χ0n) is 9.87. The normalized spacial score (nSPS) is 13.1. The van der Waals surface area contributed by atoms with Gasteiger partial charge in [0.15, 0.2) is 6.29 Å². The second kappa shape index (κ2) is 5.94. The van der Waals surface area contributed by atoms with Crippen molar-refractivity contribution in [2.45, 2.75) is 25.7 Å². The van der Waals surface area contributed by atoms with Crippen molar-refractivity contribution in [1.82, 2.24) is 0 Å². The maximum Gasteiger partial charge on any atom is 0.172 e. The molecule has 0 bridgehead atoms. The van der Waals surface area contributed by atoms with Crippen LogP contribution in [0, 0.1) is 12.7 Å². The third-order valence-electron chi connectivity index (χ3n) is 2.57. The van der Waals surface area contributed by atoms with Crippen LogP contribution in [0.1, 0.15) is 11.1 Å². The summed E-state index contributed by atoms with van der Waals surface area (Å²) in [5, 5.41) is 0. The van der Waals surface area contributed by atoms with Gasteiger partial charge in [-0.2, -0.15) is 0 Å². The summed E-state index contributed by atoms with van der Waals surface area (Å²) in [6.07, 6.45) is 0.155. The highest BCUT2D eigenvalue weighted by Gasteiger charge is 2.17. The zero-order valence-corrected chi connectivity index (χ0v) is 9.87. The van der Waals surface area contributed by atoms with Gasteiger partial charge in [-0.05, 0) is 36.6 Å². The second-order valence-corrected chi connectivity index (χ2v) is 3.78. The van der Waals surface area contributed by atoms with Crippen molar-refractivity contribution >= 4 is 0 Å². The number of nitrogens with two attached hydrogens (primary N) is 1. The van der Waals surface area contributed by atoms with Gasteiger partial charge in [0.25, 0.3) is 0 Å². The van der Waals surface area contributed by atoms with E-state index in [0.29, 0.717) is 6.42 Å². The lowest BCUT2D eigenvalue weighted by molar-refractivity contribution is -0.115. The van der Waals surface area contributed by atoms with Crippen LogP contribution in [-0.4, -0.2) is 26.6 Å². The molecular formula is C12H18FNO2. The second-order valence-electron chi connectivity index (χ2n) is 3.78. The molecule has 0 amide bonds. The van der Waals surface area contributed by atoms with Crippen LogP contribution in [0.15, 0.2) is 18.2 Å². The Morgan fingerprint density at radius 3 is 2.44 bits per heavy atom. The van der Waals surface area contributed by atoms with Gasteiger partial charge in [-0.25, -0.2) is 4.39 Å². The molecule has 0 heterocycles. The first-order valence-corrected chi connectivity index (χ1v) is 5.14. The molecule has 1 rings (SSSR count). The molecule has 0 aromatic heterocycles. The molecule has 0 aliphatic rings. The summed E-state index contributed by atoms with van der Waals surface area (Å²) in [6, 6.07) is 4.41. The van der Waals surface area contributed by atoms with Crippen LogP contribution in [0.4, 0.5) is 4.39 Å². The van der Waals surface area contributed by atoms with Crippen molar-refractivity contribution in [3.63, 3.8) is 0 Å². The molecule has 0 aliphatic carbocycles. The van der Waals surface area contributed by atoms with Gasteiger partial charge in [-0.15, -0.1) is 0 Å². The molecule has 1 aromatic carbocycles. The number of hydrogen-bond acceptors (Lipinski definition) is 3. The van der Waals surface area contributed by atoms with Crippen LogP contribution in [0.25, 0.3) is 0 Å². The van der Waals surface area contributed by atoms with Gasteiger partial charge in [0.05, 0.1) is 6.04 Å². The minimum Gasteiger partial charge on any atom is -0.354 e. The van der Waals surface area contributed by atoms with Gasteiger partial charge in [-0.3, -0.25) is 0 Å². The Hall–Kier alpha value is -0.970. The van der Waals surface area contributed by atoms with E-state index in [1.807, 2.05) is 6.92 Å². The molecule has 0 saturated carbocycles. The van der Waals surface area contributed by atoms with E-state index in [-0.39, 0.29) is 11.9 Å². The molecule has 0 saturated heterocycles. The first-order chi connectivity index (χ1) is 7.58. The maximum absolute atomic E-state index is 12.9. The molecule has 0 radical (unpaired) electrons. The van der Waals surface area contributed by atoms with Gasteiger partial charge in [0.1, 0.15) is 5.82 Å². The summed E-state index contributed by atoms with van der Waals surface area (Å²) in [6.45, 7) is 1.86. The summed E-state index contributed by atoms with van der Waals surface area (Å²) in [5.74, 6) is -0.232. The highest BCUT2D eigenvalue weighted by molar-refractivity contribution is 5.27. The molecule has 0 aliphatic heterocycles. The van der Waals surface area contributed by atoms with Crippen LogP contribution in [-0.2, 0) is 15.9 Å². The van der Waals surface area contributed by atoms with Crippen LogP contribution < -0.4 is 5.73 Å². The fourth-order valence-corrected chi connectivity index (χ4v) is 1.68. The van der Waals surface area contributed by atoms with E-state index < -0.39 is 6.29 Å². The van der Waals surface area contributed by atoms with Crippen LogP contribution in [0.3, 0.4) is 0 Å². The quantitative estimate of drug-likeness (QED) is 0.777. The summed E-state index contributed by atoms with van der Waals surface area (Å²) in [4.78, 5) is 0. The van der Waals surface area contributed by atoms with E-state index in [1.165, 1.54) is 12.1 Å². The monoisotopic (exact) mass is 227 g/mol. The standard InChI is InChI=1S/C12H18FNO2/c1-8-6-10(13)5-4-9(8)7-11(14)12(15-2)16-3/h4-6,11-12H,7,14H2,1-3H3. The Kier molecular flexibility index (Phi) is 4.86. The van der Waals surface area contributed by atoms with E-state index in [1.54, 1.807) is 20.3 Å². The Labute approximate surface area is 95.4 Å². The molecule has 1 aromatic rings. The molecule has 0 fully saturated rings. The van der Waals surface area contributed by atoms with E-state index in [0.717, 1.165) is 11.1 Å². The smallest absolute Gasteiger partial charge is 0.172 e. The van der Waals surface area contributed by atoms with Crippen LogP contribution in [0.2, 0.25) is 0 Å². The summed E-state index contributed by atoms with van der Waals surface area (Å²) >= 11 is 0. The largest absolute Gasteiger partial charge is 0.354 e. The minimum absolute atomic E-state index is 0.232. The number of methoxy groups -OCH3 is 2. The lowest BCUT2D eigenvalue weighted by Gasteiger charge is -2.21.